The first kappa shape index (κ1) is 26.4. The number of rotatable bonds is 10. The van der Waals surface area contributed by atoms with Crippen molar-refractivity contribution in [1.82, 2.24) is 5.43 Å². The Morgan fingerprint density at radius 2 is 1.67 bits per heavy atom. The molecule has 190 valence electrons. The van der Waals surface area contributed by atoms with E-state index < -0.39 is 22.5 Å². The Morgan fingerprint density at radius 3 is 2.31 bits per heavy atom. The van der Waals surface area contributed by atoms with Crippen molar-refractivity contribution in [3.8, 4) is 23.0 Å². The second kappa shape index (κ2) is 11.5. The summed E-state index contributed by atoms with van der Waals surface area (Å²) in [6.07, 6.45) is 1.34. The van der Waals surface area contributed by atoms with E-state index in [1.807, 2.05) is 6.92 Å². The summed E-state index contributed by atoms with van der Waals surface area (Å²) in [6.45, 7) is 1.27. The SMILES string of the molecule is COc1ccc(N(CC(=O)N/N=C\c2ccc(O)c(OC)c2)S(=O)(=O)c2ccc(C)cc2)c(OC)c1. The second-order valence-corrected chi connectivity index (χ2v) is 9.45. The molecule has 2 N–H and O–H groups in total. The van der Waals surface area contributed by atoms with Crippen molar-refractivity contribution < 1.29 is 32.5 Å². The van der Waals surface area contributed by atoms with Gasteiger partial charge in [0.1, 0.15) is 18.0 Å². The summed E-state index contributed by atoms with van der Waals surface area (Å²) >= 11 is 0. The van der Waals surface area contributed by atoms with Gasteiger partial charge in [-0.1, -0.05) is 17.7 Å². The number of benzene rings is 3. The normalized spacial score (nSPS) is 11.2. The van der Waals surface area contributed by atoms with Crippen molar-refractivity contribution in [2.24, 2.45) is 5.10 Å². The number of amides is 1. The third kappa shape index (κ3) is 6.05. The van der Waals surface area contributed by atoms with Gasteiger partial charge in [-0.15, -0.1) is 0 Å². The molecule has 3 aromatic carbocycles. The number of ether oxygens (including phenoxy) is 3. The molecule has 0 fully saturated rings. The molecule has 0 aliphatic carbocycles. The summed E-state index contributed by atoms with van der Waals surface area (Å²) in [4.78, 5) is 12.8. The molecule has 0 saturated heterocycles. The van der Waals surface area contributed by atoms with E-state index in [4.69, 9.17) is 14.2 Å². The van der Waals surface area contributed by atoms with Crippen LogP contribution in [0.2, 0.25) is 0 Å². The molecule has 36 heavy (non-hydrogen) atoms. The van der Waals surface area contributed by atoms with Gasteiger partial charge in [-0.2, -0.15) is 5.10 Å². The summed E-state index contributed by atoms with van der Waals surface area (Å²) in [5.74, 6) is 0.182. The van der Waals surface area contributed by atoms with Crippen LogP contribution in [-0.4, -0.2) is 53.5 Å². The second-order valence-electron chi connectivity index (χ2n) is 7.59. The van der Waals surface area contributed by atoms with Crippen LogP contribution in [0.5, 0.6) is 23.0 Å². The van der Waals surface area contributed by atoms with Gasteiger partial charge in [0.2, 0.25) is 0 Å². The van der Waals surface area contributed by atoms with E-state index in [1.54, 1.807) is 24.3 Å². The minimum absolute atomic E-state index is 0.0125. The van der Waals surface area contributed by atoms with E-state index in [-0.39, 0.29) is 27.8 Å². The number of sulfonamides is 1. The van der Waals surface area contributed by atoms with Crippen LogP contribution >= 0.6 is 0 Å². The smallest absolute Gasteiger partial charge is 0.264 e. The molecular weight excluding hydrogens is 486 g/mol. The van der Waals surface area contributed by atoms with Gasteiger partial charge in [0.15, 0.2) is 11.5 Å². The van der Waals surface area contributed by atoms with Crippen LogP contribution in [0.1, 0.15) is 11.1 Å². The Morgan fingerprint density at radius 1 is 0.972 bits per heavy atom. The number of carbonyl (C=O) groups is 1. The van der Waals surface area contributed by atoms with Gasteiger partial charge in [0.05, 0.1) is 38.1 Å². The highest BCUT2D eigenvalue weighted by molar-refractivity contribution is 7.92. The molecule has 3 aromatic rings. The Hall–Kier alpha value is -4.25. The van der Waals surface area contributed by atoms with Gasteiger partial charge in [-0.25, -0.2) is 13.8 Å². The third-order valence-electron chi connectivity index (χ3n) is 5.16. The average Bonchev–Trinajstić information content (AvgIpc) is 2.88. The fourth-order valence-corrected chi connectivity index (χ4v) is 4.68. The maximum absolute atomic E-state index is 13.6. The van der Waals surface area contributed by atoms with Gasteiger partial charge < -0.3 is 19.3 Å². The predicted octanol–water partition coefficient (Wildman–Crippen LogP) is 3.07. The van der Waals surface area contributed by atoms with Crippen LogP contribution in [0.3, 0.4) is 0 Å². The van der Waals surface area contributed by atoms with Crippen LogP contribution in [0.15, 0.2) is 70.7 Å². The van der Waals surface area contributed by atoms with Crippen LogP contribution < -0.4 is 23.9 Å². The summed E-state index contributed by atoms with van der Waals surface area (Å²) in [6, 6.07) is 15.4. The molecule has 0 radical (unpaired) electrons. The number of aromatic hydroxyl groups is 1. The van der Waals surface area contributed by atoms with Crippen LogP contribution in [0.4, 0.5) is 5.69 Å². The number of nitrogens with zero attached hydrogens (tertiary/aromatic N) is 2. The van der Waals surface area contributed by atoms with Crippen molar-refractivity contribution in [2.45, 2.75) is 11.8 Å². The number of carbonyl (C=O) groups excluding carboxylic acids is 1. The number of anilines is 1. The van der Waals surface area contributed by atoms with E-state index in [0.29, 0.717) is 11.3 Å². The standard InChI is InChI=1S/C25H27N3O7S/c1-17-5-9-20(10-6-17)36(31,32)28(21-11-8-19(33-2)14-23(21)34-3)16-25(30)27-26-15-18-7-12-22(29)24(13-18)35-4/h5-15,29H,16H2,1-4H3,(H,27,30)/b26-15-. The molecule has 0 aromatic heterocycles. The molecule has 0 aliphatic heterocycles. The van der Waals surface area contributed by atoms with Crippen LogP contribution in [0.25, 0.3) is 0 Å². The fraction of sp³-hybridized carbons (Fsp3) is 0.200. The zero-order valence-corrected chi connectivity index (χ0v) is 21.1. The van der Waals surface area contributed by atoms with Crippen molar-refractivity contribution in [1.29, 1.82) is 0 Å². The van der Waals surface area contributed by atoms with Gasteiger partial charge in [0.25, 0.3) is 15.9 Å². The number of aryl methyl sites for hydroxylation is 1. The molecule has 0 spiro atoms. The van der Waals surface area contributed by atoms with Crippen molar-refractivity contribution >= 4 is 27.8 Å². The summed E-state index contributed by atoms with van der Waals surface area (Å²) in [5, 5.41) is 13.6. The zero-order chi connectivity index (χ0) is 26.3. The van der Waals surface area contributed by atoms with E-state index in [9.17, 15) is 18.3 Å². The third-order valence-corrected chi connectivity index (χ3v) is 6.93. The molecule has 0 atom stereocenters. The molecule has 11 heteroatoms. The monoisotopic (exact) mass is 513 g/mol. The summed E-state index contributed by atoms with van der Waals surface area (Å²) in [5.41, 5.74) is 3.92. The van der Waals surface area contributed by atoms with Crippen molar-refractivity contribution in [3.05, 3.63) is 71.8 Å². The lowest BCUT2D eigenvalue weighted by Crippen LogP contribution is -2.39. The lowest BCUT2D eigenvalue weighted by Gasteiger charge is -2.25. The topological polar surface area (TPSA) is 127 Å². The highest BCUT2D eigenvalue weighted by Gasteiger charge is 2.29. The number of methoxy groups -OCH3 is 3. The molecule has 0 aliphatic rings. The Labute approximate surface area is 209 Å². The zero-order valence-electron chi connectivity index (χ0n) is 20.3. The maximum atomic E-state index is 13.6. The average molecular weight is 514 g/mol. The maximum Gasteiger partial charge on any atom is 0.264 e. The number of nitrogens with one attached hydrogen (secondary N) is 1. The van der Waals surface area contributed by atoms with E-state index >= 15 is 0 Å². The first-order valence-electron chi connectivity index (χ1n) is 10.7. The minimum Gasteiger partial charge on any atom is -0.504 e. The number of phenols is 1. The van der Waals surface area contributed by atoms with Gasteiger partial charge in [0, 0.05) is 6.07 Å². The van der Waals surface area contributed by atoms with Gasteiger partial charge in [-0.3, -0.25) is 9.10 Å². The number of hydrazone groups is 1. The predicted molar refractivity (Wildman–Crippen MR) is 136 cm³/mol. The lowest BCUT2D eigenvalue weighted by molar-refractivity contribution is -0.119. The number of hydrogen-bond acceptors (Lipinski definition) is 8. The van der Waals surface area contributed by atoms with Gasteiger partial charge in [-0.05, 0) is 55.0 Å². The lowest BCUT2D eigenvalue weighted by atomic mass is 10.2. The molecular formula is C25H27N3O7S. The van der Waals surface area contributed by atoms with E-state index in [0.717, 1.165) is 9.87 Å². The first-order valence-corrected chi connectivity index (χ1v) is 12.1. The number of hydrogen-bond donors (Lipinski definition) is 2. The fourth-order valence-electron chi connectivity index (χ4n) is 3.25. The first-order chi connectivity index (χ1) is 17.2. The summed E-state index contributed by atoms with van der Waals surface area (Å²) < 4.78 is 43.8. The quantitative estimate of drug-likeness (QED) is 0.315. The van der Waals surface area contributed by atoms with Gasteiger partial charge >= 0.3 is 0 Å². The highest BCUT2D eigenvalue weighted by atomic mass is 32.2. The molecule has 3 rings (SSSR count). The van der Waals surface area contributed by atoms with Crippen molar-refractivity contribution in [3.63, 3.8) is 0 Å². The molecule has 1 amide bonds. The largest absolute Gasteiger partial charge is 0.504 e. The Balaban J connectivity index is 1.91. The molecule has 0 saturated carbocycles. The van der Waals surface area contributed by atoms with Crippen molar-refractivity contribution in [2.75, 3.05) is 32.2 Å². The summed E-state index contributed by atoms with van der Waals surface area (Å²) in [7, 11) is 0.128. The van der Waals surface area contributed by atoms with E-state index in [2.05, 4.69) is 10.5 Å². The molecule has 10 nitrogen and oxygen atoms in total. The molecule has 0 bridgehead atoms. The molecule has 0 unspecified atom stereocenters. The van der Waals surface area contributed by atoms with Crippen LogP contribution in [0, 0.1) is 6.92 Å². The Bertz CT molecular complexity index is 1360. The molecule has 0 heterocycles. The van der Waals surface area contributed by atoms with E-state index in [1.165, 1.54) is 63.9 Å². The highest BCUT2D eigenvalue weighted by Crippen LogP contribution is 2.35. The number of phenolic OH excluding ortho intramolecular Hbond substituents is 1. The minimum atomic E-state index is -4.15. The van der Waals surface area contributed by atoms with Crippen LogP contribution in [-0.2, 0) is 14.8 Å². The Kier molecular flexibility index (Phi) is 8.38.